The quantitative estimate of drug-likeness (QED) is 0.361. The Morgan fingerprint density at radius 2 is 1.71 bits per heavy atom. The number of amides is 2. The molecule has 3 aromatic rings. The van der Waals surface area contributed by atoms with Gasteiger partial charge in [0.25, 0.3) is 15.9 Å². The smallest absolute Gasteiger partial charge is 0.264 e. The number of aromatic nitrogens is 2. The Bertz CT molecular complexity index is 1580. The van der Waals surface area contributed by atoms with Crippen LogP contribution in [0.4, 0.5) is 5.95 Å². The Labute approximate surface area is 247 Å². The summed E-state index contributed by atoms with van der Waals surface area (Å²) in [5, 5.41) is 13.2. The number of anilines is 1. The normalized spacial score (nSPS) is 17.5. The molecule has 1 saturated heterocycles. The molecule has 2 heterocycles. The van der Waals surface area contributed by atoms with Crippen LogP contribution in [0.25, 0.3) is 11.3 Å². The van der Waals surface area contributed by atoms with E-state index in [9.17, 15) is 23.1 Å². The summed E-state index contributed by atoms with van der Waals surface area (Å²) < 4.78 is 28.9. The zero-order valence-corrected chi connectivity index (χ0v) is 25.7. The lowest BCUT2D eigenvalue weighted by molar-refractivity contribution is -0.135. The lowest BCUT2D eigenvalue weighted by atomic mass is 9.89. The largest absolute Gasteiger partial charge is 0.493 e. The van der Waals surface area contributed by atoms with E-state index >= 15 is 0 Å². The average Bonchev–Trinajstić information content (AvgIpc) is 2.88. The Hall–Kier alpha value is -3.99. The number of piperidine rings is 1. The predicted molar refractivity (Wildman–Crippen MR) is 162 cm³/mol. The highest BCUT2D eigenvalue weighted by Crippen LogP contribution is 2.29. The highest BCUT2D eigenvalue weighted by molar-refractivity contribution is 7.92. The molecule has 4 rings (SSSR count). The minimum absolute atomic E-state index is 0.0363. The number of benzene rings is 2. The topological polar surface area (TPSA) is 142 Å². The van der Waals surface area contributed by atoms with Crippen LogP contribution in [0.1, 0.15) is 62.0 Å². The van der Waals surface area contributed by atoms with Crippen molar-refractivity contribution >= 4 is 27.8 Å². The van der Waals surface area contributed by atoms with Gasteiger partial charge >= 0.3 is 0 Å². The first-order valence-electron chi connectivity index (χ1n) is 14.0. The van der Waals surface area contributed by atoms with Crippen molar-refractivity contribution in [2.24, 2.45) is 11.3 Å². The van der Waals surface area contributed by atoms with Crippen molar-refractivity contribution in [1.29, 1.82) is 0 Å². The minimum atomic E-state index is -4.19. The molecule has 1 aliphatic rings. The first kappa shape index (κ1) is 31.0. The maximum atomic E-state index is 13.3. The zero-order valence-electron chi connectivity index (χ0n) is 24.9. The number of aromatic hydroxyl groups is 1. The molecule has 0 bridgehead atoms. The predicted octanol–water partition coefficient (Wildman–Crippen LogP) is 4.67. The van der Waals surface area contributed by atoms with Gasteiger partial charge in [-0.15, -0.1) is 0 Å². The SMILES string of the molecule is Cc1cccc(C)c1-c1cc(O)nc(NS(=O)(=O)c2cccc(C(=O)NC3CCN(C(=O)CC(C)(C)C)CC3C)c2)n1. The fourth-order valence-electron chi connectivity index (χ4n) is 5.21. The molecule has 2 aromatic carbocycles. The Kier molecular flexibility index (Phi) is 8.91. The van der Waals surface area contributed by atoms with Crippen LogP contribution in [-0.4, -0.2) is 59.3 Å². The number of nitrogens with one attached hydrogen (secondary N) is 2. The van der Waals surface area contributed by atoms with Gasteiger partial charge in [-0.1, -0.05) is 52.0 Å². The molecule has 10 nitrogen and oxygen atoms in total. The van der Waals surface area contributed by atoms with Gasteiger partial charge in [0.05, 0.1) is 10.6 Å². The van der Waals surface area contributed by atoms with Gasteiger partial charge < -0.3 is 15.3 Å². The third kappa shape index (κ3) is 7.44. The van der Waals surface area contributed by atoms with Crippen molar-refractivity contribution in [3.8, 4) is 17.1 Å². The van der Waals surface area contributed by atoms with E-state index in [2.05, 4.69) is 20.0 Å². The van der Waals surface area contributed by atoms with Crippen molar-refractivity contribution in [3.05, 3.63) is 65.2 Å². The van der Waals surface area contributed by atoms with E-state index in [4.69, 9.17) is 0 Å². The minimum Gasteiger partial charge on any atom is -0.493 e. The third-order valence-corrected chi connectivity index (χ3v) is 8.66. The van der Waals surface area contributed by atoms with Gasteiger partial charge in [-0.05, 0) is 60.9 Å². The van der Waals surface area contributed by atoms with E-state index in [1.165, 1.54) is 24.3 Å². The molecular weight excluding hydrogens is 554 g/mol. The van der Waals surface area contributed by atoms with Crippen molar-refractivity contribution in [1.82, 2.24) is 20.2 Å². The fourth-order valence-corrected chi connectivity index (χ4v) is 6.20. The number of aryl methyl sites for hydroxylation is 2. The summed E-state index contributed by atoms with van der Waals surface area (Å²) in [5.41, 5.74) is 3.07. The number of likely N-dealkylation sites (tertiary alicyclic amines) is 1. The molecule has 42 heavy (non-hydrogen) atoms. The Morgan fingerprint density at radius 3 is 2.36 bits per heavy atom. The van der Waals surface area contributed by atoms with E-state index in [1.54, 1.807) is 6.07 Å². The molecule has 2 atom stereocenters. The second kappa shape index (κ2) is 12.1. The zero-order chi connectivity index (χ0) is 30.8. The summed E-state index contributed by atoms with van der Waals surface area (Å²) in [4.78, 5) is 35.7. The highest BCUT2D eigenvalue weighted by Gasteiger charge is 2.31. The van der Waals surface area contributed by atoms with E-state index in [1.807, 2.05) is 64.6 Å². The molecular formula is C31H39N5O5S. The van der Waals surface area contributed by atoms with E-state index in [-0.39, 0.29) is 45.6 Å². The fraction of sp³-hybridized carbons (Fsp3) is 0.419. The summed E-state index contributed by atoms with van der Waals surface area (Å²) in [6.07, 6.45) is 1.08. The number of carbonyl (C=O) groups excluding carboxylic acids is 2. The monoisotopic (exact) mass is 593 g/mol. The Morgan fingerprint density at radius 1 is 1.05 bits per heavy atom. The second-order valence-corrected chi connectivity index (χ2v) is 13.9. The summed E-state index contributed by atoms with van der Waals surface area (Å²) in [6, 6.07) is 12.6. The molecule has 2 unspecified atom stereocenters. The van der Waals surface area contributed by atoms with Crippen LogP contribution in [-0.2, 0) is 14.8 Å². The molecule has 1 fully saturated rings. The number of rotatable bonds is 7. The number of nitrogens with zero attached hydrogens (tertiary/aromatic N) is 3. The summed E-state index contributed by atoms with van der Waals surface area (Å²) in [6.45, 7) is 13.0. The Balaban J connectivity index is 1.47. The first-order chi connectivity index (χ1) is 19.6. The number of sulfonamides is 1. The van der Waals surface area contributed by atoms with E-state index < -0.39 is 15.9 Å². The van der Waals surface area contributed by atoms with Gasteiger partial charge in [0.15, 0.2) is 0 Å². The molecule has 0 spiro atoms. The lowest BCUT2D eigenvalue weighted by Gasteiger charge is -2.38. The van der Waals surface area contributed by atoms with Crippen LogP contribution >= 0.6 is 0 Å². The van der Waals surface area contributed by atoms with Crippen LogP contribution < -0.4 is 10.0 Å². The third-order valence-electron chi connectivity index (χ3n) is 7.34. The van der Waals surface area contributed by atoms with Crippen LogP contribution in [0.2, 0.25) is 0 Å². The van der Waals surface area contributed by atoms with Gasteiger partial charge in [-0.2, -0.15) is 4.98 Å². The number of hydrogen-bond acceptors (Lipinski definition) is 7. The lowest BCUT2D eigenvalue weighted by Crippen LogP contribution is -2.51. The molecule has 0 aliphatic carbocycles. The maximum absolute atomic E-state index is 13.3. The standard InChI is InChI=1S/C31H39N5O5S/c1-19-9-7-10-20(2)28(19)25-16-26(37)34-30(33-25)35-42(40,41)23-12-8-11-22(15-23)29(39)32-24-13-14-36(18-21(24)3)27(38)17-31(4,5)6/h7-12,15-16,21,24H,13-14,17-18H2,1-6H3,(H,32,39)(H2,33,34,35,37). The average molecular weight is 594 g/mol. The van der Waals surface area contributed by atoms with Gasteiger partial charge in [-0.3, -0.25) is 9.59 Å². The van der Waals surface area contributed by atoms with Crippen LogP contribution in [0.3, 0.4) is 0 Å². The van der Waals surface area contributed by atoms with Crippen molar-refractivity contribution in [3.63, 3.8) is 0 Å². The summed E-state index contributed by atoms with van der Waals surface area (Å²) >= 11 is 0. The molecule has 1 aromatic heterocycles. The van der Waals surface area contributed by atoms with Crippen LogP contribution in [0.15, 0.2) is 53.4 Å². The van der Waals surface area contributed by atoms with Gasteiger partial charge in [0, 0.05) is 42.7 Å². The van der Waals surface area contributed by atoms with Crippen molar-refractivity contribution in [2.45, 2.75) is 65.3 Å². The first-order valence-corrected chi connectivity index (χ1v) is 15.5. The molecule has 0 saturated carbocycles. The van der Waals surface area contributed by atoms with E-state index in [0.717, 1.165) is 16.7 Å². The van der Waals surface area contributed by atoms with Crippen LogP contribution in [0, 0.1) is 25.2 Å². The summed E-state index contributed by atoms with van der Waals surface area (Å²) in [7, 11) is -4.19. The van der Waals surface area contributed by atoms with Gasteiger partial charge in [0.1, 0.15) is 0 Å². The van der Waals surface area contributed by atoms with Crippen molar-refractivity contribution in [2.75, 3.05) is 17.8 Å². The molecule has 3 N–H and O–H groups in total. The van der Waals surface area contributed by atoms with Crippen molar-refractivity contribution < 1.29 is 23.1 Å². The molecule has 1 aliphatic heterocycles. The number of carbonyl (C=O) groups is 2. The molecule has 0 radical (unpaired) electrons. The van der Waals surface area contributed by atoms with Crippen LogP contribution in [0.5, 0.6) is 5.88 Å². The highest BCUT2D eigenvalue weighted by atomic mass is 32.2. The number of hydrogen-bond donors (Lipinski definition) is 3. The molecule has 2 amide bonds. The summed E-state index contributed by atoms with van der Waals surface area (Å²) in [5.74, 6) is -0.919. The molecule has 11 heteroatoms. The van der Waals surface area contributed by atoms with Gasteiger partial charge in [0.2, 0.25) is 17.7 Å². The van der Waals surface area contributed by atoms with E-state index in [0.29, 0.717) is 31.6 Å². The molecule has 224 valence electrons. The van der Waals surface area contributed by atoms with Gasteiger partial charge in [-0.25, -0.2) is 18.1 Å². The second-order valence-electron chi connectivity index (χ2n) is 12.3. The maximum Gasteiger partial charge on any atom is 0.264 e.